The second-order valence-electron chi connectivity index (χ2n) is 7.29. The Morgan fingerprint density at radius 2 is 1.84 bits per heavy atom. The SMILES string of the molecule is Cc1cc(C(N)=O)ccc1-n1c(CCC(=O)O)ccc1-c1ccc(N2C=CNN2)cc1. The molecule has 0 radical (unpaired) electrons. The number of carboxylic acid groups (broad SMARTS) is 1. The minimum atomic E-state index is -0.848. The lowest BCUT2D eigenvalue weighted by molar-refractivity contribution is -0.136. The molecule has 31 heavy (non-hydrogen) atoms. The van der Waals surface area contributed by atoms with Gasteiger partial charge in [-0.2, -0.15) is 0 Å². The molecule has 0 bridgehead atoms. The molecule has 0 unspecified atom stereocenters. The molecule has 0 aliphatic carbocycles. The minimum absolute atomic E-state index is 0.0285. The number of carbonyl (C=O) groups excluding carboxylic acids is 1. The molecule has 8 heteroatoms. The first kappa shape index (κ1) is 20.2. The van der Waals surface area contributed by atoms with Gasteiger partial charge in [0, 0.05) is 29.3 Å². The zero-order valence-electron chi connectivity index (χ0n) is 17.0. The van der Waals surface area contributed by atoms with Crippen LogP contribution in [0.4, 0.5) is 5.69 Å². The molecule has 3 aromatic rings. The maximum atomic E-state index is 11.6. The fourth-order valence-corrected chi connectivity index (χ4v) is 3.68. The van der Waals surface area contributed by atoms with Crippen LogP contribution in [0, 0.1) is 6.92 Å². The van der Waals surface area contributed by atoms with Crippen molar-refractivity contribution in [3.05, 3.63) is 83.8 Å². The summed E-state index contributed by atoms with van der Waals surface area (Å²) >= 11 is 0. The van der Waals surface area contributed by atoms with Crippen molar-refractivity contribution in [1.82, 2.24) is 15.5 Å². The number of aromatic nitrogens is 1. The summed E-state index contributed by atoms with van der Waals surface area (Å²) < 4.78 is 2.05. The monoisotopic (exact) mass is 417 g/mol. The van der Waals surface area contributed by atoms with Crippen molar-refractivity contribution < 1.29 is 14.7 Å². The second-order valence-corrected chi connectivity index (χ2v) is 7.29. The van der Waals surface area contributed by atoms with Gasteiger partial charge < -0.3 is 20.8 Å². The van der Waals surface area contributed by atoms with Crippen LogP contribution in [0.1, 0.15) is 28.0 Å². The molecule has 1 aliphatic heterocycles. The quantitative estimate of drug-likeness (QED) is 0.470. The lowest BCUT2D eigenvalue weighted by Crippen LogP contribution is -2.35. The van der Waals surface area contributed by atoms with E-state index in [9.17, 15) is 9.59 Å². The molecule has 1 amide bonds. The Kier molecular flexibility index (Phi) is 5.46. The van der Waals surface area contributed by atoms with Gasteiger partial charge in [0.2, 0.25) is 5.91 Å². The van der Waals surface area contributed by atoms with Crippen molar-refractivity contribution in [3.63, 3.8) is 0 Å². The highest BCUT2D eigenvalue weighted by molar-refractivity contribution is 5.93. The molecule has 0 fully saturated rings. The number of nitrogens with zero attached hydrogens (tertiary/aromatic N) is 2. The van der Waals surface area contributed by atoms with Gasteiger partial charge in [-0.1, -0.05) is 12.1 Å². The Hall–Kier alpha value is -4.04. The highest BCUT2D eigenvalue weighted by Crippen LogP contribution is 2.31. The van der Waals surface area contributed by atoms with Gasteiger partial charge in [-0.15, -0.1) is 5.53 Å². The van der Waals surface area contributed by atoms with Crippen LogP contribution in [0.3, 0.4) is 0 Å². The Morgan fingerprint density at radius 3 is 2.45 bits per heavy atom. The number of carbonyl (C=O) groups is 2. The van der Waals surface area contributed by atoms with Crippen LogP contribution in [-0.2, 0) is 11.2 Å². The molecular formula is C23H23N5O3. The topological polar surface area (TPSA) is 113 Å². The average molecular weight is 417 g/mol. The molecule has 158 valence electrons. The normalized spacial score (nSPS) is 12.7. The number of amides is 1. The van der Waals surface area contributed by atoms with Crippen LogP contribution in [0.2, 0.25) is 0 Å². The van der Waals surface area contributed by atoms with E-state index in [-0.39, 0.29) is 6.42 Å². The zero-order chi connectivity index (χ0) is 22.0. The number of carboxylic acids is 1. The van der Waals surface area contributed by atoms with Crippen LogP contribution in [0.15, 0.2) is 67.0 Å². The van der Waals surface area contributed by atoms with Gasteiger partial charge in [0.25, 0.3) is 0 Å². The molecule has 2 aromatic carbocycles. The maximum Gasteiger partial charge on any atom is 0.303 e. The number of hydrogen-bond acceptors (Lipinski definition) is 5. The van der Waals surface area contributed by atoms with Gasteiger partial charge in [-0.3, -0.25) is 14.6 Å². The smallest absolute Gasteiger partial charge is 0.303 e. The van der Waals surface area contributed by atoms with Crippen molar-refractivity contribution in [1.29, 1.82) is 0 Å². The van der Waals surface area contributed by atoms with E-state index in [0.717, 1.165) is 33.9 Å². The van der Waals surface area contributed by atoms with E-state index in [0.29, 0.717) is 12.0 Å². The van der Waals surface area contributed by atoms with E-state index in [2.05, 4.69) is 11.0 Å². The standard InChI is InChI=1S/C23H23N5O3/c1-15-14-17(23(24)31)4-9-20(15)28-19(8-11-22(29)30)7-10-21(28)16-2-5-18(6-3-16)27-13-12-25-26-27/h2-7,9-10,12-14,25-26H,8,11H2,1H3,(H2,24,31)(H,29,30). The molecule has 0 spiro atoms. The van der Waals surface area contributed by atoms with E-state index in [1.54, 1.807) is 18.3 Å². The first-order valence-corrected chi connectivity index (χ1v) is 9.85. The highest BCUT2D eigenvalue weighted by atomic mass is 16.4. The number of rotatable bonds is 7. The first-order chi connectivity index (χ1) is 14.9. The van der Waals surface area contributed by atoms with Crippen molar-refractivity contribution in [3.8, 4) is 16.9 Å². The molecular weight excluding hydrogens is 394 g/mol. The number of benzene rings is 2. The number of hydrogen-bond donors (Lipinski definition) is 4. The Balaban J connectivity index is 1.77. The fraction of sp³-hybridized carbons (Fsp3) is 0.130. The summed E-state index contributed by atoms with van der Waals surface area (Å²) in [6, 6.07) is 17.3. The lowest BCUT2D eigenvalue weighted by Gasteiger charge is -2.18. The summed E-state index contributed by atoms with van der Waals surface area (Å²) in [4.78, 5) is 22.7. The number of primary amides is 1. The van der Waals surface area contributed by atoms with Gasteiger partial charge in [-0.05, 0) is 66.9 Å². The predicted molar refractivity (Wildman–Crippen MR) is 118 cm³/mol. The van der Waals surface area contributed by atoms with E-state index in [4.69, 9.17) is 10.8 Å². The average Bonchev–Trinajstić information content (AvgIpc) is 3.42. The molecule has 8 nitrogen and oxygen atoms in total. The number of aryl methyl sites for hydroxylation is 2. The molecule has 5 N–H and O–H groups in total. The second kappa shape index (κ2) is 8.37. The summed E-state index contributed by atoms with van der Waals surface area (Å²) in [6.07, 6.45) is 4.09. The van der Waals surface area contributed by atoms with E-state index in [1.165, 1.54) is 0 Å². The van der Waals surface area contributed by atoms with Crippen molar-refractivity contribution in [2.24, 2.45) is 5.73 Å². The third-order valence-electron chi connectivity index (χ3n) is 5.21. The minimum Gasteiger partial charge on any atom is -0.481 e. The van der Waals surface area contributed by atoms with Crippen LogP contribution in [0.5, 0.6) is 0 Å². The van der Waals surface area contributed by atoms with Gasteiger partial charge in [0.1, 0.15) is 0 Å². The van der Waals surface area contributed by atoms with Crippen LogP contribution < -0.4 is 21.7 Å². The predicted octanol–water partition coefficient (Wildman–Crippen LogP) is 2.87. The maximum absolute atomic E-state index is 11.6. The van der Waals surface area contributed by atoms with Gasteiger partial charge in [-0.25, -0.2) is 0 Å². The molecule has 2 heterocycles. The Labute approximate surface area is 179 Å². The largest absolute Gasteiger partial charge is 0.481 e. The Morgan fingerprint density at radius 1 is 1.06 bits per heavy atom. The number of aliphatic carboxylic acids is 1. The lowest BCUT2D eigenvalue weighted by atomic mass is 10.1. The van der Waals surface area contributed by atoms with Gasteiger partial charge in [0.15, 0.2) is 0 Å². The van der Waals surface area contributed by atoms with Crippen LogP contribution in [0.25, 0.3) is 16.9 Å². The molecule has 0 atom stereocenters. The number of nitrogens with two attached hydrogens (primary N) is 1. The van der Waals surface area contributed by atoms with Crippen molar-refractivity contribution in [2.45, 2.75) is 19.8 Å². The van der Waals surface area contributed by atoms with E-state index >= 15 is 0 Å². The zero-order valence-corrected chi connectivity index (χ0v) is 17.0. The summed E-state index contributed by atoms with van der Waals surface area (Å²) in [5.74, 6) is -1.33. The molecule has 1 aromatic heterocycles. The van der Waals surface area contributed by atoms with Gasteiger partial charge in [0.05, 0.1) is 17.8 Å². The summed E-state index contributed by atoms with van der Waals surface area (Å²) in [6.45, 7) is 1.91. The van der Waals surface area contributed by atoms with Crippen LogP contribution in [-0.4, -0.2) is 21.6 Å². The van der Waals surface area contributed by atoms with E-state index in [1.807, 2.05) is 65.2 Å². The van der Waals surface area contributed by atoms with E-state index < -0.39 is 11.9 Å². The molecule has 0 saturated carbocycles. The summed E-state index contributed by atoms with van der Waals surface area (Å²) in [7, 11) is 0. The highest BCUT2D eigenvalue weighted by Gasteiger charge is 2.16. The van der Waals surface area contributed by atoms with Gasteiger partial charge >= 0.3 is 5.97 Å². The third-order valence-corrected chi connectivity index (χ3v) is 5.21. The number of hydrazine groups is 2. The molecule has 0 saturated heterocycles. The fourth-order valence-electron chi connectivity index (χ4n) is 3.68. The number of nitrogens with one attached hydrogen (secondary N) is 2. The summed E-state index contributed by atoms with van der Waals surface area (Å²) in [5.41, 5.74) is 17.3. The van der Waals surface area contributed by atoms with Crippen LogP contribution >= 0.6 is 0 Å². The Bertz CT molecular complexity index is 1160. The molecule has 1 aliphatic rings. The van der Waals surface area contributed by atoms with Crippen molar-refractivity contribution >= 4 is 17.6 Å². The molecule has 4 rings (SSSR count). The number of anilines is 1. The first-order valence-electron chi connectivity index (χ1n) is 9.85. The third kappa shape index (κ3) is 4.15. The van der Waals surface area contributed by atoms with Crippen molar-refractivity contribution in [2.75, 3.05) is 5.01 Å². The summed E-state index contributed by atoms with van der Waals surface area (Å²) in [5, 5.41) is 11.0.